The van der Waals surface area contributed by atoms with Gasteiger partial charge in [-0.3, -0.25) is 10.1 Å². The van der Waals surface area contributed by atoms with Crippen LogP contribution in [0.2, 0.25) is 0 Å². The Balaban J connectivity index is 2.46. The molecule has 0 radical (unpaired) electrons. The number of nitro groups is 1. The Labute approximate surface area is 218 Å². The van der Waals surface area contributed by atoms with Crippen LogP contribution in [-0.2, 0) is 28.5 Å². The highest BCUT2D eigenvalue weighted by Crippen LogP contribution is 2.40. The van der Waals surface area contributed by atoms with Gasteiger partial charge in [0.05, 0.1) is 34.2 Å². The van der Waals surface area contributed by atoms with E-state index in [1.165, 1.54) is 18.2 Å². The Morgan fingerprint density at radius 1 is 0.946 bits per heavy atom. The number of ether oxygens (including phenoxy) is 4. The fourth-order valence-electron chi connectivity index (χ4n) is 4.33. The molecule has 1 heterocycles. The molecule has 1 aliphatic heterocycles. The smallest absolute Gasteiger partial charge is 0.337 e. The van der Waals surface area contributed by atoms with E-state index in [4.69, 9.17) is 18.9 Å². The number of nitrogens with zero attached hydrogens (tertiary/aromatic N) is 1. The quantitative estimate of drug-likeness (QED) is 0.163. The van der Waals surface area contributed by atoms with Gasteiger partial charge in [-0.25, -0.2) is 9.59 Å². The maximum Gasteiger partial charge on any atom is 0.337 e. The third-order valence-corrected chi connectivity index (χ3v) is 6.15. The molecule has 0 bridgehead atoms. The van der Waals surface area contributed by atoms with Crippen molar-refractivity contribution in [1.82, 2.24) is 5.32 Å². The van der Waals surface area contributed by atoms with Gasteiger partial charge in [-0.1, -0.05) is 12.1 Å². The Hall–Kier alpha value is -3.24. The summed E-state index contributed by atoms with van der Waals surface area (Å²) in [5.74, 6) is -2.10. The SMILES string of the molecule is COCCCC(C)OC(=O)C1=C(C)NC(C)=C(C(=O)OC(C)CCCOC)C1c1cccc([N+](=O)[O-])c1. The molecule has 204 valence electrons. The number of nitrogens with one attached hydrogen (secondary N) is 1. The lowest BCUT2D eigenvalue weighted by molar-refractivity contribution is -0.384. The molecule has 2 unspecified atom stereocenters. The number of methoxy groups -OCH3 is 2. The number of dihydropyridines is 1. The van der Waals surface area contributed by atoms with Crippen LogP contribution < -0.4 is 5.32 Å². The number of hydrogen-bond acceptors (Lipinski definition) is 9. The van der Waals surface area contributed by atoms with E-state index in [-0.39, 0.29) is 16.8 Å². The number of nitro benzene ring substituents is 1. The van der Waals surface area contributed by atoms with E-state index in [0.717, 1.165) is 0 Å². The van der Waals surface area contributed by atoms with Crippen molar-refractivity contribution in [3.63, 3.8) is 0 Å². The number of carbonyl (C=O) groups excluding carboxylic acids is 2. The van der Waals surface area contributed by atoms with Gasteiger partial charge in [0, 0.05) is 51.0 Å². The van der Waals surface area contributed by atoms with Crippen LogP contribution in [0.25, 0.3) is 0 Å². The summed E-state index contributed by atoms with van der Waals surface area (Å²) in [6.45, 7) is 8.11. The van der Waals surface area contributed by atoms with Crippen LogP contribution in [0.4, 0.5) is 5.69 Å². The second kappa shape index (κ2) is 14.5. The van der Waals surface area contributed by atoms with E-state index < -0.39 is 35.0 Å². The number of benzene rings is 1. The van der Waals surface area contributed by atoms with Crippen LogP contribution in [0.1, 0.15) is 64.9 Å². The first-order valence-corrected chi connectivity index (χ1v) is 12.4. The van der Waals surface area contributed by atoms with Gasteiger partial charge < -0.3 is 24.3 Å². The summed E-state index contributed by atoms with van der Waals surface area (Å²) in [4.78, 5) is 37.9. The first kappa shape index (κ1) is 30.0. The molecule has 10 nitrogen and oxygen atoms in total. The van der Waals surface area contributed by atoms with E-state index in [0.29, 0.717) is 55.9 Å². The molecule has 2 rings (SSSR count). The summed E-state index contributed by atoms with van der Waals surface area (Å²) < 4.78 is 21.6. The van der Waals surface area contributed by atoms with Gasteiger partial charge in [-0.2, -0.15) is 0 Å². The summed E-state index contributed by atoms with van der Waals surface area (Å²) in [6.07, 6.45) is 1.85. The molecule has 0 aliphatic carbocycles. The number of hydrogen-bond donors (Lipinski definition) is 1. The minimum atomic E-state index is -0.904. The standard InChI is InChI=1S/C27H38N2O8/c1-17(10-8-14-34-5)36-26(30)23-19(3)28-20(4)24(27(31)37-18(2)11-9-15-35-6)25(23)21-12-7-13-22(16-21)29(32)33/h7,12-13,16-18,25,28H,8-11,14-15H2,1-6H3. The highest BCUT2D eigenvalue weighted by Gasteiger charge is 2.39. The lowest BCUT2D eigenvalue weighted by atomic mass is 9.80. The van der Waals surface area contributed by atoms with Crippen molar-refractivity contribution in [2.24, 2.45) is 0 Å². The van der Waals surface area contributed by atoms with Crippen molar-refractivity contribution in [1.29, 1.82) is 0 Å². The molecule has 0 spiro atoms. The number of allylic oxidation sites excluding steroid dienone is 2. The molecule has 1 aliphatic rings. The van der Waals surface area contributed by atoms with Crippen LogP contribution in [0.15, 0.2) is 46.8 Å². The second-order valence-corrected chi connectivity index (χ2v) is 9.19. The molecule has 0 amide bonds. The van der Waals surface area contributed by atoms with Gasteiger partial charge >= 0.3 is 11.9 Å². The normalized spacial score (nSPS) is 17.2. The molecule has 1 aromatic carbocycles. The van der Waals surface area contributed by atoms with Crippen molar-refractivity contribution >= 4 is 17.6 Å². The molecule has 0 fully saturated rings. The van der Waals surface area contributed by atoms with Crippen LogP contribution in [0, 0.1) is 10.1 Å². The molecule has 1 N–H and O–H groups in total. The summed E-state index contributed by atoms with van der Waals surface area (Å²) in [7, 11) is 3.21. The zero-order valence-corrected chi connectivity index (χ0v) is 22.5. The highest BCUT2D eigenvalue weighted by atomic mass is 16.6. The van der Waals surface area contributed by atoms with Crippen LogP contribution in [-0.4, -0.2) is 56.5 Å². The minimum Gasteiger partial charge on any atom is -0.459 e. The Bertz CT molecular complexity index is 981. The second-order valence-electron chi connectivity index (χ2n) is 9.19. The van der Waals surface area contributed by atoms with E-state index in [1.54, 1.807) is 48.0 Å². The lowest BCUT2D eigenvalue weighted by Crippen LogP contribution is -2.34. The summed E-state index contributed by atoms with van der Waals surface area (Å²) >= 11 is 0. The number of carbonyl (C=O) groups is 2. The van der Waals surface area contributed by atoms with Gasteiger partial charge in [0.15, 0.2) is 0 Å². The first-order chi connectivity index (χ1) is 17.6. The van der Waals surface area contributed by atoms with Crippen molar-refractivity contribution in [3.05, 3.63) is 62.5 Å². The van der Waals surface area contributed by atoms with Crippen molar-refractivity contribution < 1.29 is 33.5 Å². The van der Waals surface area contributed by atoms with E-state index >= 15 is 0 Å². The fourth-order valence-corrected chi connectivity index (χ4v) is 4.33. The van der Waals surface area contributed by atoms with Crippen LogP contribution in [0.3, 0.4) is 0 Å². The third kappa shape index (κ3) is 8.40. The average molecular weight is 519 g/mol. The maximum absolute atomic E-state index is 13.5. The van der Waals surface area contributed by atoms with Crippen molar-refractivity contribution in [2.75, 3.05) is 27.4 Å². The van der Waals surface area contributed by atoms with E-state index in [1.807, 2.05) is 0 Å². The maximum atomic E-state index is 13.5. The lowest BCUT2D eigenvalue weighted by Gasteiger charge is -2.31. The predicted molar refractivity (Wildman–Crippen MR) is 138 cm³/mol. The van der Waals surface area contributed by atoms with Gasteiger partial charge in [0.2, 0.25) is 0 Å². The van der Waals surface area contributed by atoms with Gasteiger partial charge in [0.1, 0.15) is 0 Å². The Morgan fingerprint density at radius 2 is 1.43 bits per heavy atom. The highest BCUT2D eigenvalue weighted by molar-refractivity contribution is 6.00. The Kier molecular flexibility index (Phi) is 11.7. The van der Waals surface area contributed by atoms with Crippen molar-refractivity contribution in [3.8, 4) is 0 Å². The Morgan fingerprint density at radius 3 is 1.86 bits per heavy atom. The van der Waals surface area contributed by atoms with Gasteiger partial charge in [-0.15, -0.1) is 0 Å². The largest absolute Gasteiger partial charge is 0.459 e. The van der Waals surface area contributed by atoms with Gasteiger partial charge in [-0.05, 0) is 58.9 Å². The molecule has 1 aromatic rings. The molecule has 0 saturated carbocycles. The van der Waals surface area contributed by atoms with Crippen LogP contribution in [0.5, 0.6) is 0 Å². The fraction of sp³-hybridized carbons (Fsp3) is 0.556. The third-order valence-electron chi connectivity index (χ3n) is 6.15. The minimum absolute atomic E-state index is 0.146. The molecular formula is C27H38N2O8. The summed E-state index contributed by atoms with van der Waals surface area (Å²) in [5.41, 5.74) is 1.72. The molecule has 37 heavy (non-hydrogen) atoms. The zero-order chi connectivity index (χ0) is 27.5. The molecule has 10 heteroatoms. The molecule has 0 saturated heterocycles. The summed E-state index contributed by atoms with van der Waals surface area (Å²) in [5, 5.41) is 14.6. The monoisotopic (exact) mass is 518 g/mol. The van der Waals surface area contributed by atoms with E-state index in [2.05, 4.69) is 5.32 Å². The number of non-ortho nitro benzene ring substituents is 1. The predicted octanol–water partition coefficient (Wildman–Crippen LogP) is 4.55. The van der Waals surface area contributed by atoms with Gasteiger partial charge in [0.25, 0.3) is 5.69 Å². The number of rotatable bonds is 14. The summed E-state index contributed by atoms with van der Waals surface area (Å²) in [6, 6.07) is 5.94. The number of esters is 2. The molecule has 2 atom stereocenters. The molecular weight excluding hydrogens is 480 g/mol. The first-order valence-electron chi connectivity index (χ1n) is 12.4. The van der Waals surface area contributed by atoms with E-state index in [9.17, 15) is 19.7 Å². The van der Waals surface area contributed by atoms with Crippen molar-refractivity contribution in [2.45, 2.75) is 71.5 Å². The zero-order valence-electron chi connectivity index (χ0n) is 22.5. The molecule has 0 aromatic heterocycles. The average Bonchev–Trinajstić information content (AvgIpc) is 2.83. The van der Waals surface area contributed by atoms with Crippen LogP contribution >= 0.6 is 0 Å². The topological polar surface area (TPSA) is 126 Å².